The molecule has 5 heteroatoms. The second-order valence-corrected chi connectivity index (χ2v) is 8.37. The van der Waals surface area contributed by atoms with E-state index in [0.29, 0.717) is 0 Å². The first-order chi connectivity index (χ1) is 14.5. The molecule has 3 aromatic carbocycles. The summed E-state index contributed by atoms with van der Waals surface area (Å²) in [5.74, 6) is 2.50. The maximum atomic E-state index is 5.30. The summed E-state index contributed by atoms with van der Waals surface area (Å²) in [6.45, 7) is 6.38. The van der Waals surface area contributed by atoms with Crippen molar-refractivity contribution in [3.05, 3.63) is 89.0 Å². The van der Waals surface area contributed by atoms with Gasteiger partial charge in [0.2, 0.25) is 0 Å². The van der Waals surface area contributed by atoms with Crippen LogP contribution in [0, 0.1) is 20.8 Å². The van der Waals surface area contributed by atoms with Crippen LogP contribution in [0.25, 0.3) is 17.1 Å². The number of hydrogen-bond acceptors (Lipinski definition) is 4. The molecule has 30 heavy (non-hydrogen) atoms. The molecule has 152 valence electrons. The minimum Gasteiger partial charge on any atom is -0.497 e. The predicted molar refractivity (Wildman–Crippen MR) is 124 cm³/mol. The molecule has 0 radical (unpaired) electrons. The van der Waals surface area contributed by atoms with E-state index in [1.807, 2.05) is 24.3 Å². The van der Waals surface area contributed by atoms with Gasteiger partial charge in [0.15, 0.2) is 11.0 Å². The van der Waals surface area contributed by atoms with E-state index in [-0.39, 0.29) is 0 Å². The quantitative estimate of drug-likeness (QED) is 0.354. The molecule has 0 N–H and O–H groups in total. The van der Waals surface area contributed by atoms with E-state index in [1.54, 1.807) is 18.9 Å². The minimum absolute atomic E-state index is 0.824. The average molecular weight is 416 g/mol. The van der Waals surface area contributed by atoms with Gasteiger partial charge in [-0.3, -0.25) is 4.57 Å². The van der Waals surface area contributed by atoms with Crippen LogP contribution in [0.3, 0.4) is 0 Å². The van der Waals surface area contributed by atoms with Crippen LogP contribution in [0.5, 0.6) is 5.75 Å². The van der Waals surface area contributed by atoms with Crippen molar-refractivity contribution in [2.45, 2.75) is 31.7 Å². The van der Waals surface area contributed by atoms with Gasteiger partial charge >= 0.3 is 0 Å². The molecule has 4 aromatic rings. The predicted octanol–water partition coefficient (Wildman–Crippen LogP) is 6.16. The summed E-state index contributed by atoms with van der Waals surface area (Å²) in [5, 5.41) is 9.97. The number of thioether (sulfide) groups is 1. The largest absolute Gasteiger partial charge is 0.497 e. The van der Waals surface area contributed by atoms with E-state index >= 15 is 0 Å². The molecule has 0 unspecified atom stereocenters. The number of rotatable bonds is 6. The molecule has 0 aliphatic carbocycles. The number of hydrogen-bond donors (Lipinski definition) is 0. The van der Waals surface area contributed by atoms with Gasteiger partial charge in [0.05, 0.1) is 7.11 Å². The first kappa shape index (κ1) is 20.2. The Morgan fingerprint density at radius 2 is 1.53 bits per heavy atom. The van der Waals surface area contributed by atoms with Crippen molar-refractivity contribution in [2.75, 3.05) is 7.11 Å². The molecule has 1 heterocycles. The Bertz CT molecular complexity index is 1150. The number of aromatic nitrogens is 3. The summed E-state index contributed by atoms with van der Waals surface area (Å²) in [7, 11) is 1.67. The molecule has 0 spiro atoms. The number of aryl methyl sites for hydroxylation is 3. The molecule has 0 aliphatic rings. The van der Waals surface area contributed by atoms with Crippen molar-refractivity contribution in [2.24, 2.45) is 0 Å². The molecular formula is C25H25N3OS. The highest BCUT2D eigenvalue weighted by atomic mass is 32.2. The topological polar surface area (TPSA) is 39.9 Å². The van der Waals surface area contributed by atoms with Crippen LogP contribution in [-0.2, 0) is 5.75 Å². The number of nitrogens with zero attached hydrogens (tertiary/aromatic N) is 3. The first-order valence-corrected chi connectivity index (χ1v) is 10.9. The zero-order valence-corrected chi connectivity index (χ0v) is 18.5. The number of methoxy groups -OCH3 is 1. The van der Waals surface area contributed by atoms with Crippen LogP contribution in [-0.4, -0.2) is 21.9 Å². The average Bonchev–Trinajstić information content (AvgIpc) is 3.19. The van der Waals surface area contributed by atoms with Gasteiger partial charge in [-0.15, -0.1) is 10.2 Å². The van der Waals surface area contributed by atoms with E-state index < -0.39 is 0 Å². The highest BCUT2D eigenvalue weighted by molar-refractivity contribution is 7.98. The van der Waals surface area contributed by atoms with Crippen molar-refractivity contribution in [3.63, 3.8) is 0 Å². The molecular weight excluding hydrogens is 390 g/mol. The van der Waals surface area contributed by atoms with Gasteiger partial charge in [0.1, 0.15) is 5.75 Å². The maximum absolute atomic E-state index is 5.30. The summed E-state index contributed by atoms with van der Waals surface area (Å²) in [5.41, 5.74) is 7.18. The Morgan fingerprint density at radius 3 is 2.23 bits per heavy atom. The molecule has 0 saturated carbocycles. The summed E-state index contributed by atoms with van der Waals surface area (Å²) in [6.07, 6.45) is 0. The van der Waals surface area contributed by atoms with Gasteiger partial charge in [0.25, 0.3) is 0 Å². The fourth-order valence-electron chi connectivity index (χ4n) is 3.32. The van der Waals surface area contributed by atoms with Gasteiger partial charge in [-0.2, -0.15) is 0 Å². The first-order valence-electron chi connectivity index (χ1n) is 9.91. The summed E-state index contributed by atoms with van der Waals surface area (Å²) < 4.78 is 7.44. The van der Waals surface area contributed by atoms with E-state index in [4.69, 9.17) is 4.74 Å². The molecule has 0 aliphatic heterocycles. The van der Waals surface area contributed by atoms with Crippen LogP contribution in [0.1, 0.15) is 22.3 Å². The monoisotopic (exact) mass is 415 g/mol. The lowest BCUT2D eigenvalue weighted by molar-refractivity contribution is 0.415. The fraction of sp³-hybridized carbons (Fsp3) is 0.200. The zero-order chi connectivity index (χ0) is 21.1. The molecule has 0 fully saturated rings. The highest BCUT2D eigenvalue weighted by Crippen LogP contribution is 2.31. The second kappa shape index (κ2) is 8.76. The maximum Gasteiger partial charge on any atom is 0.196 e. The summed E-state index contributed by atoms with van der Waals surface area (Å²) in [4.78, 5) is 0. The molecule has 4 rings (SSSR count). The molecule has 4 nitrogen and oxygen atoms in total. The fourth-order valence-corrected chi connectivity index (χ4v) is 4.33. The van der Waals surface area contributed by atoms with E-state index in [1.165, 1.54) is 22.3 Å². The van der Waals surface area contributed by atoms with Crippen LogP contribution in [0.15, 0.2) is 71.9 Å². The van der Waals surface area contributed by atoms with Gasteiger partial charge in [-0.05, 0) is 68.3 Å². The molecule has 0 atom stereocenters. The van der Waals surface area contributed by atoms with Crippen molar-refractivity contribution >= 4 is 11.8 Å². The van der Waals surface area contributed by atoms with Gasteiger partial charge in [-0.1, -0.05) is 53.2 Å². The number of ether oxygens (including phenoxy) is 1. The van der Waals surface area contributed by atoms with E-state index in [2.05, 4.69) is 78.0 Å². The Kier molecular flexibility index (Phi) is 5.91. The van der Waals surface area contributed by atoms with Crippen molar-refractivity contribution in [1.82, 2.24) is 14.8 Å². The van der Waals surface area contributed by atoms with Crippen LogP contribution < -0.4 is 4.74 Å². The molecule has 0 amide bonds. The Labute approximate surface area is 181 Å². The highest BCUT2D eigenvalue weighted by Gasteiger charge is 2.17. The van der Waals surface area contributed by atoms with Crippen LogP contribution in [0.2, 0.25) is 0 Å². The van der Waals surface area contributed by atoms with Crippen molar-refractivity contribution < 1.29 is 4.74 Å². The number of benzene rings is 3. The standard InChI is InChI=1S/C25H25N3OS/c1-17-6-11-22(12-7-17)28-24(20-9-13-23(29-4)14-10-20)26-27-25(28)30-16-21-15-18(2)5-8-19(21)3/h5-15H,16H2,1-4H3. The van der Waals surface area contributed by atoms with E-state index in [0.717, 1.165) is 33.7 Å². The molecule has 0 bridgehead atoms. The molecule has 1 aromatic heterocycles. The molecule has 0 saturated heterocycles. The van der Waals surface area contributed by atoms with Crippen LogP contribution in [0.4, 0.5) is 0 Å². The van der Waals surface area contributed by atoms with Gasteiger partial charge in [0, 0.05) is 17.0 Å². The lowest BCUT2D eigenvalue weighted by atomic mass is 10.1. The SMILES string of the molecule is COc1ccc(-c2nnc(SCc3cc(C)ccc3C)n2-c2ccc(C)cc2)cc1. The third-order valence-corrected chi connectivity index (χ3v) is 6.11. The minimum atomic E-state index is 0.824. The normalized spacial score (nSPS) is 10.9. The van der Waals surface area contributed by atoms with E-state index in [9.17, 15) is 0 Å². The lowest BCUT2D eigenvalue weighted by Gasteiger charge is -2.12. The third-order valence-electron chi connectivity index (χ3n) is 5.14. The van der Waals surface area contributed by atoms with Gasteiger partial charge in [-0.25, -0.2) is 0 Å². The smallest absolute Gasteiger partial charge is 0.196 e. The summed E-state index contributed by atoms with van der Waals surface area (Å²) >= 11 is 1.71. The Morgan fingerprint density at radius 1 is 0.833 bits per heavy atom. The van der Waals surface area contributed by atoms with Gasteiger partial charge < -0.3 is 4.74 Å². The summed E-state index contributed by atoms with van der Waals surface area (Å²) in [6, 6.07) is 23.0. The van der Waals surface area contributed by atoms with Crippen molar-refractivity contribution in [1.29, 1.82) is 0 Å². The second-order valence-electron chi connectivity index (χ2n) is 7.42. The lowest BCUT2D eigenvalue weighted by Crippen LogP contribution is -2.00. The Balaban J connectivity index is 1.73. The van der Waals surface area contributed by atoms with Crippen LogP contribution >= 0.6 is 11.8 Å². The van der Waals surface area contributed by atoms with Crippen molar-refractivity contribution in [3.8, 4) is 22.8 Å². The zero-order valence-electron chi connectivity index (χ0n) is 17.7. The third kappa shape index (κ3) is 4.26. The Hall–Kier alpha value is -3.05.